The van der Waals surface area contributed by atoms with Crippen molar-refractivity contribution in [2.45, 2.75) is 19.3 Å². The van der Waals surface area contributed by atoms with Crippen LogP contribution in [-0.4, -0.2) is 87.6 Å². The highest BCUT2D eigenvalue weighted by Gasteiger charge is 2.31. The van der Waals surface area contributed by atoms with Crippen LogP contribution in [0.5, 0.6) is 0 Å². The lowest BCUT2D eigenvalue weighted by atomic mass is 10.1. The molecule has 0 spiro atoms. The molecule has 22 heavy (non-hydrogen) atoms. The second-order valence-corrected chi connectivity index (χ2v) is 8.25. The average molecular weight is 332 g/mol. The predicted octanol–water partition coefficient (Wildman–Crippen LogP) is -0.849. The maximum atomic E-state index is 11.9. The molecule has 1 amide bonds. The molecule has 7 nitrogen and oxygen atoms in total. The third kappa shape index (κ3) is 5.83. The number of nitrogens with zero attached hydrogens (tertiary/aromatic N) is 3. The van der Waals surface area contributed by atoms with Crippen molar-refractivity contribution in [3.05, 3.63) is 0 Å². The lowest BCUT2D eigenvalue weighted by Crippen LogP contribution is -2.44. The van der Waals surface area contributed by atoms with Gasteiger partial charge in [-0.25, -0.2) is 13.6 Å². The quantitative estimate of drug-likeness (QED) is 0.614. The first-order chi connectivity index (χ1) is 10.3. The molecular weight excluding hydrogens is 304 g/mol. The zero-order chi connectivity index (χ0) is 16.2. The molecule has 2 heterocycles. The first-order valence-corrected chi connectivity index (χ1v) is 9.74. The van der Waals surface area contributed by atoms with Crippen molar-refractivity contribution in [2.75, 3.05) is 58.6 Å². The van der Waals surface area contributed by atoms with Crippen LogP contribution in [-0.2, 0) is 14.8 Å². The van der Waals surface area contributed by atoms with Crippen molar-refractivity contribution < 1.29 is 13.2 Å². The summed E-state index contributed by atoms with van der Waals surface area (Å²) in [5.74, 6) is -0.162. The Morgan fingerprint density at radius 2 is 1.77 bits per heavy atom. The predicted molar refractivity (Wildman–Crippen MR) is 85.8 cm³/mol. The lowest BCUT2D eigenvalue weighted by Gasteiger charge is -2.32. The van der Waals surface area contributed by atoms with Gasteiger partial charge < -0.3 is 14.7 Å². The molecule has 0 aliphatic carbocycles. The van der Waals surface area contributed by atoms with Gasteiger partial charge in [0.1, 0.15) is 0 Å². The van der Waals surface area contributed by atoms with Crippen LogP contribution in [0.4, 0.5) is 0 Å². The molecule has 8 heteroatoms. The van der Waals surface area contributed by atoms with E-state index in [0.29, 0.717) is 13.0 Å². The fraction of sp³-hybridized carbons (Fsp3) is 0.929. The zero-order valence-electron chi connectivity index (χ0n) is 13.4. The summed E-state index contributed by atoms with van der Waals surface area (Å²) >= 11 is 0. The molecule has 0 aromatic rings. The van der Waals surface area contributed by atoms with Gasteiger partial charge in [-0.15, -0.1) is 0 Å². The van der Waals surface area contributed by atoms with Crippen molar-refractivity contribution in [1.82, 2.24) is 14.7 Å². The number of hydrogen-bond donors (Lipinski definition) is 1. The summed E-state index contributed by atoms with van der Waals surface area (Å²) in [6.07, 6.45) is 2.36. The smallest absolute Gasteiger partial charge is 0.222 e. The Balaban J connectivity index is 1.62. The number of rotatable bonds is 7. The summed E-state index contributed by atoms with van der Waals surface area (Å²) in [5.41, 5.74) is 0. The Morgan fingerprint density at radius 3 is 2.41 bits per heavy atom. The van der Waals surface area contributed by atoms with E-state index in [1.54, 1.807) is 4.90 Å². The molecule has 0 bridgehead atoms. The second kappa shape index (κ2) is 7.72. The maximum absolute atomic E-state index is 11.9. The van der Waals surface area contributed by atoms with Gasteiger partial charge in [0.05, 0.1) is 5.75 Å². The minimum absolute atomic E-state index is 0.0632. The summed E-state index contributed by atoms with van der Waals surface area (Å²) in [4.78, 5) is 18.5. The SMILES string of the molecule is CN1CCN(CCCCN2CC(CS(N)(=O)=O)CC2=O)CC1. The Bertz CT molecular complexity index is 474. The second-order valence-electron chi connectivity index (χ2n) is 6.59. The van der Waals surface area contributed by atoms with Crippen molar-refractivity contribution in [2.24, 2.45) is 11.1 Å². The molecule has 128 valence electrons. The topological polar surface area (TPSA) is 86.9 Å². The van der Waals surface area contributed by atoms with Gasteiger partial charge in [-0.1, -0.05) is 0 Å². The van der Waals surface area contributed by atoms with Crippen LogP contribution in [0.3, 0.4) is 0 Å². The standard InChI is InChI=1S/C14H28N4O3S/c1-16-6-8-17(9-7-16)4-2-3-5-18-11-13(10-14(18)19)12-22(15,20)21/h13H,2-12H2,1H3,(H2,15,20,21). The van der Waals surface area contributed by atoms with Crippen molar-refractivity contribution >= 4 is 15.9 Å². The van der Waals surface area contributed by atoms with Crippen LogP contribution in [0.2, 0.25) is 0 Å². The number of carbonyl (C=O) groups excluding carboxylic acids is 1. The fourth-order valence-electron chi connectivity index (χ4n) is 3.22. The van der Waals surface area contributed by atoms with E-state index in [1.807, 2.05) is 0 Å². The van der Waals surface area contributed by atoms with Crippen LogP contribution < -0.4 is 5.14 Å². The number of likely N-dealkylation sites (tertiary alicyclic amines) is 1. The molecule has 2 rings (SSSR count). The minimum Gasteiger partial charge on any atom is -0.342 e. The molecule has 2 aliphatic rings. The Kier molecular flexibility index (Phi) is 6.19. The van der Waals surface area contributed by atoms with Crippen molar-refractivity contribution in [1.29, 1.82) is 0 Å². The van der Waals surface area contributed by atoms with E-state index in [9.17, 15) is 13.2 Å². The van der Waals surface area contributed by atoms with E-state index >= 15 is 0 Å². The first-order valence-electron chi connectivity index (χ1n) is 8.02. The zero-order valence-corrected chi connectivity index (χ0v) is 14.2. The summed E-state index contributed by atoms with van der Waals surface area (Å²) in [7, 11) is -1.34. The van der Waals surface area contributed by atoms with Gasteiger partial charge >= 0.3 is 0 Å². The molecular formula is C14H28N4O3S. The van der Waals surface area contributed by atoms with Crippen molar-refractivity contribution in [3.8, 4) is 0 Å². The highest BCUT2D eigenvalue weighted by molar-refractivity contribution is 7.89. The first kappa shape index (κ1) is 17.7. The van der Waals surface area contributed by atoms with E-state index in [0.717, 1.165) is 52.1 Å². The Morgan fingerprint density at radius 1 is 1.14 bits per heavy atom. The van der Waals surface area contributed by atoms with Crippen LogP contribution in [0.25, 0.3) is 0 Å². The molecule has 1 atom stereocenters. The number of hydrogen-bond acceptors (Lipinski definition) is 5. The van der Waals surface area contributed by atoms with E-state index in [2.05, 4.69) is 16.8 Å². The van der Waals surface area contributed by atoms with E-state index < -0.39 is 10.0 Å². The van der Waals surface area contributed by atoms with Gasteiger partial charge in [0, 0.05) is 51.6 Å². The monoisotopic (exact) mass is 332 g/mol. The van der Waals surface area contributed by atoms with Crippen LogP contribution >= 0.6 is 0 Å². The summed E-state index contributed by atoms with van der Waals surface area (Å²) in [5, 5.41) is 5.05. The third-order valence-electron chi connectivity index (χ3n) is 4.51. The van der Waals surface area contributed by atoms with E-state index in [4.69, 9.17) is 5.14 Å². The summed E-state index contributed by atoms with van der Waals surface area (Å²) < 4.78 is 22.2. The molecule has 0 aromatic heterocycles. The number of carbonyl (C=O) groups is 1. The molecule has 2 N–H and O–H groups in total. The third-order valence-corrected chi connectivity index (χ3v) is 5.45. The molecule has 2 saturated heterocycles. The molecule has 1 unspecified atom stereocenters. The van der Waals surface area contributed by atoms with Crippen LogP contribution in [0.15, 0.2) is 0 Å². The highest BCUT2D eigenvalue weighted by Crippen LogP contribution is 2.19. The van der Waals surface area contributed by atoms with Crippen LogP contribution in [0, 0.1) is 5.92 Å². The van der Waals surface area contributed by atoms with Gasteiger partial charge in [0.15, 0.2) is 0 Å². The van der Waals surface area contributed by atoms with Gasteiger partial charge in [-0.05, 0) is 26.4 Å². The van der Waals surface area contributed by atoms with Gasteiger partial charge in [-0.3, -0.25) is 4.79 Å². The molecule has 2 fully saturated rings. The number of unbranched alkanes of at least 4 members (excludes halogenated alkanes) is 1. The molecule has 0 saturated carbocycles. The normalized spacial score (nSPS) is 25.1. The summed E-state index contributed by atoms with van der Waals surface area (Å²) in [6.45, 7) is 6.83. The van der Waals surface area contributed by atoms with Gasteiger partial charge in [-0.2, -0.15) is 0 Å². The fourth-order valence-corrected chi connectivity index (χ4v) is 4.10. The van der Waals surface area contributed by atoms with E-state index in [-0.39, 0.29) is 17.6 Å². The number of nitrogens with two attached hydrogens (primary N) is 1. The van der Waals surface area contributed by atoms with Crippen molar-refractivity contribution in [3.63, 3.8) is 0 Å². The van der Waals surface area contributed by atoms with Gasteiger partial charge in [0.25, 0.3) is 0 Å². The van der Waals surface area contributed by atoms with E-state index in [1.165, 1.54) is 0 Å². The Hall–Kier alpha value is -0.700. The maximum Gasteiger partial charge on any atom is 0.222 e. The average Bonchev–Trinajstić information content (AvgIpc) is 2.74. The number of primary sulfonamides is 1. The molecule has 0 radical (unpaired) electrons. The highest BCUT2D eigenvalue weighted by atomic mass is 32.2. The summed E-state index contributed by atoms with van der Waals surface area (Å²) in [6, 6.07) is 0. The number of amides is 1. The Labute approximate surface area is 133 Å². The lowest BCUT2D eigenvalue weighted by molar-refractivity contribution is -0.127. The number of sulfonamides is 1. The van der Waals surface area contributed by atoms with Crippen LogP contribution in [0.1, 0.15) is 19.3 Å². The molecule has 2 aliphatic heterocycles. The largest absolute Gasteiger partial charge is 0.342 e. The molecule has 0 aromatic carbocycles. The number of piperazine rings is 1. The van der Waals surface area contributed by atoms with Gasteiger partial charge in [0.2, 0.25) is 15.9 Å². The number of likely N-dealkylation sites (N-methyl/N-ethyl adjacent to an activating group) is 1. The minimum atomic E-state index is -3.49.